The molecular weight excluding hydrogens is 472 g/mol. The normalized spacial score (nSPS) is 42.0. The lowest BCUT2D eigenvalue weighted by molar-refractivity contribution is -0.878. The van der Waals surface area contributed by atoms with Crippen molar-refractivity contribution in [2.24, 2.45) is 64.4 Å². The Hall–Kier alpha value is -0.340. The summed E-state index contributed by atoms with van der Waals surface area (Å²) in [5.74, 6) is 7.47. The van der Waals surface area contributed by atoms with Crippen LogP contribution in [0.4, 0.5) is 0 Å². The van der Waals surface area contributed by atoms with Crippen LogP contribution in [-0.4, -0.2) is 30.7 Å². The number of rotatable bonds is 9. The average molecular weight is 544 g/mol. The van der Waals surface area contributed by atoms with Crippen LogP contribution in [-0.2, 0) is 0 Å². The third-order valence-corrected chi connectivity index (χ3v) is 13.2. The molecule has 2 N–H and O–H groups in total. The lowest BCUT2D eigenvalue weighted by Gasteiger charge is -2.49. The van der Waals surface area contributed by atoms with Crippen LogP contribution in [0.2, 0.25) is 0 Å². The summed E-state index contributed by atoms with van der Waals surface area (Å²) in [6.07, 6.45) is 15.2. The van der Waals surface area contributed by atoms with Crippen molar-refractivity contribution in [1.29, 1.82) is 0 Å². The molecule has 2 nitrogen and oxygen atoms in total. The van der Waals surface area contributed by atoms with Gasteiger partial charge in [-0.3, -0.25) is 4.48 Å². The van der Waals surface area contributed by atoms with Gasteiger partial charge >= 0.3 is 0 Å². The molecule has 228 valence electrons. The lowest BCUT2D eigenvalue weighted by Crippen LogP contribution is -2.49. The minimum Gasteiger partial charge on any atom is -0.328 e. The number of quaternary nitrogens is 1. The van der Waals surface area contributed by atoms with Crippen LogP contribution in [0.15, 0.2) is 11.3 Å². The lowest BCUT2D eigenvalue weighted by atomic mass is 9.58. The van der Waals surface area contributed by atoms with Crippen LogP contribution in [0.3, 0.4) is 0 Å². The number of allylic oxidation sites excluding steroid dienone is 2. The molecule has 2 saturated carbocycles. The van der Waals surface area contributed by atoms with Crippen LogP contribution < -0.4 is 5.73 Å². The van der Waals surface area contributed by atoms with Gasteiger partial charge in [0.15, 0.2) is 0 Å². The Labute approximate surface area is 245 Å². The van der Waals surface area contributed by atoms with E-state index in [-0.39, 0.29) is 6.04 Å². The van der Waals surface area contributed by atoms with Crippen LogP contribution in [0.25, 0.3) is 0 Å². The molecule has 12 unspecified atom stereocenters. The molecular formula is C37H71N2+. The molecule has 1 saturated heterocycles. The molecule has 3 aliphatic rings. The van der Waals surface area contributed by atoms with Gasteiger partial charge in [-0.25, -0.2) is 0 Å². The Balaban J connectivity index is 1.91. The summed E-state index contributed by atoms with van der Waals surface area (Å²) in [7, 11) is 2.65. The van der Waals surface area contributed by atoms with E-state index in [9.17, 15) is 0 Å². The molecule has 0 bridgehead atoms. The molecule has 39 heavy (non-hydrogen) atoms. The van der Waals surface area contributed by atoms with Gasteiger partial charge in [-0.05, 0) is 105 Å². The molecule has 0 amide bonds. The summed E-state index contributed by atoms with van der Waals surface area (Å²) in [4.78, 5) is 0. The molecule has 12 atom stereocenters. The maximum absolute atomic E-state index is 6.58. The number of likely N-dealkylation sites (tertiary alicyclic amines) is 1. The van der Waals surface area contributed by atoms with Crippen molar-refractivity contribution in [3.8, 4) is 0 Å². The summed E-state index contributed by atoms with van der Waals surface area (Å²) < 4.78 is 1.25. The Morgan fingerprint density at radius 3 is 2.23 bits per heavy atom. The van der Waals surface area contributed by atoms with E-state index in [0.717, 1.165) is 41.4 Å². The first kappa shape index (κ1) is 33.2. The second-order valence-electron chi connectivity index (χ2n) is 16.3. The van der Waals surface area contributed by atoms with Gasteiger partial charge < -0.3 is 5.73 Å². The molecule has 0 radical (unpaired) electrons. The summed E-state index contributed by atoms with van der Waals surface area (Å²) in [6, 6.07) is 0.289. The molecule has 0 aromatic carbocycles. The fourth-order valence-corrected chi connectivity index (χ4v) is 9.84. The highest BCUT2D eigenvalue weighted by Crippen LogP contribution is 2.54. The zero-order valence-electron chi connectivity index (χ0n) is 28.5. The first-order valence-electron chi connectivity index (χ1n) is 17.5. The van der Waals surface area contributed by atoms with Crippen molar-refractivity contribution < 1.29 is 4.48 Å². The Kier molecular flexibility index (Phi) is 11.7. The van der Waals surface area contributed by atoms with Crippen molar-refractivity contribution in [3.63, 3.8) is 0 Å². The van der Waals surface area contributed by atoms with Crippen molar-refractivity contribution >= 4 is 0 Å². The van der Waals surface area contributed by atoms with Gasteiger partial charge in [0, 0.05) is 24.3 Å². The second-order valence-corrected chi connectivity index (χ2v) is 16.3. The molecule has 1 aliphatic heterocycles. The van der Waals surface area contributed by atoms with Crippen LogP contribution in [0.1, 0.15) is 140 Å². The van der Waals surface area contributed by atoms with Gasteiger partial charge in [0.05, 0.1) is 20.1 Å². The third kappa shape index (κ3) is 7.74. The largest absolute Gasteiger partial charge is 0.328 e. The first-order chi connectivity index (χ1) is 18.3. The smallest absolute Gasteiger partial charge is 0.110 e. The van der Waals surface area contributed by atoms with E-state index in [1.54, 1.807) is 5.57 Å². The highest BCUT2D eigenvalue weighted by molar-refractivity contribution is 5.10. The van der Waals surface area contributed by atoms with Crippen LogP contribution >= 0.6 is 0 Å². The van der Waals surface area contributed by atoms with Gasteiger partial charge in [0.2, 0.25) is 0 Å². The summed E-state index contributed by atoms with van der Waals surface area (Å²) in [5, 5.41) is 0. The molecule has 1 heterocycles. The minimum absolute atomic E-state index is 0.289. The van der Waals surface area contributed by atoms with Gasteiger partial charge in [-0.1, -0.05) is 80.6 Å². The van der Waals surface area contributed by atoms with E-state index in [0.29, 0.717) is 17.3 Å². The monoisotopic (exact) mass is 544 g/mol. The van der Waals surface area contributed by atoms with Gasteiger partial charge in [0.1, 0.15) is 5.70 Å². The standard InChI is InChI=1S/C37H71N2/c1-12-26(5)20-32-18-19-39(11,24-34-22-35(32)34)36(25(3)4)33-17-15-14-16-27(6)29(8)37(10,28(7)21-33)23-31(13-2)30(9)38/h26-35H,12-24,38H2,1-11H3/q+1. The predicted octanol–water partition coefficient (Wildman–Crippen LogP) is 10.1. The summed E-state index contributed by atoms with van der Waals surface area (Å²) >= 11 is 0. The van der Waals surface area contributed by atoms with Crippen molar-refractivity contribution in [1.82, 2.24) is 0 Å². The molecule has 3 rings (SSSR count). The highest BCUT2D eigenvalue weighted by Gasteiger charge is 2.52. The van der Waals surface area contributed by atoms with Crippen molar-refractivity contribution in [2.45, 2.75) is 146 Å². The molecule has 0 aromatic rings. The Bertz CT molecular complexity index is 795. The molecule has 3 fully saturated rings. The summed E-state index contributed by atoms with van der Waals surface area (Å²) in [5.41, 5.74) is 10.4. The maximum atomic E-state index is 6.58. The maximum Gasteiger partial charge on any atom is 0.110 e. The van der Waals surface area contributed by atoms with Crippen LogP contribution in [0.5, 0.6) is 0 Å². The van der Waals surface area contributed by atoms with E-state index in [4.69, 9.17) is 5.73 Å². The minimum atomic E-state index is 0.289. The number of hydrogen-bond donors (Lipinski definition) is 1. The van der Waals surface area contributed by atoms with Gasteiger partial charge in [-0.2, -0.15) is 0 Å². The number of fused-ring (bicyclic) bond motifs is 1. The number of hydrogen-bond acceptors (Lipinski definition) is 1. The van der Waals surface area contributed by atoms with E-state index in [2.05, 4.69) is 76.3 Å². The van der Waals surface area contributed by atoms with E-state index >= 15 is 0 Å². The molecule has 0 spiro atoms. The quantitative estimate of drug-likeness (QED) is 0.288. The second kappa shape index (κ2) is 13.8. The Morgan fingerprint density at radius 1 is 0.974 bits per heavy atom. The van der Waals surface area contributed by atoms with Gasteiger partial charge in [0.25, 0.3) is 0 Å². The van der Waals surface area contributed by atoms with Crippen molar-refractivity contribution in [2.75, 3.05) is 20.1 Å². The first-order valence-corrected chi connectivity index (χ1v) is 17.5. The third-order valence-electron chi connectivity index (χ3n) is 13.2. The molecule has 2 heteroatoms. The molecule has 0 aromatic heterocycles. The average Bonchev–Trinajstić information content (AvgIpc) is 3.64. The number of nitrogens with zero attached hydrogens (tertiary/aromatic N) is 1. The molecule has 2 aliphatic carbocycles. The van der Waals surface area contributed by atoms with Crippen molar-refractivity contribution in [3.05, 3.63) is 11.3 Å². The SMILES string of the molecule is CCC(C)CC1CC[N+](C)(C(=C(C)C)C2CCCCC(C)C(C)C(C)(CC(CC)C(C)N)C(C)C2)CC2CC12. The zero-order chi connectivity index (χ0) is 29.1. The number of nitrogens with two attached hydrogens (primary N) is 1. The topological polar surface area (TPSA) is 26.0 Å². The van der Waals surface area contributed by atoms with E-state index < -0.39 is 0 Å². The zero-order valence-corrected chi connectivity index (χ0v) is 28.5. The van der Waals surface area contributed by atoms with Crippen LogP contribution in [0, 0.1) is 58.7 Å². The highest BCUT2D eigenvalue weighted by atomic mass is 15.4. The fourth-order valence-electron chi connectivity index (χ4n) is 9.84. The predicted molar refractivity (Wildman–Crippen MR) is 172 cm³/mol. The Morgan fingerprint density at radius 2 is 1.64 bits per heavy atom. The van der Waals surface area contributed by atoms with E-state index in [1.165, 1.54) is 88.2 Å². The summed E-state index contributed by atoms with van der Waals surface area (Å²) in [6.45, 7) is 27.6. The van der Waals surface area contributed by atoms with E-state index in [1.807, 2.05) is 5.70 Å². The fraction of sp³-hybridized carbons (Fsp3) is 0.946. The van der Waals surface area contributed by atoms with Gasteiger partial charge in [-0.15, -0.1) is 0 Å².